The third kappa shape index (κ3) is 2.71. The Hall–Kier alpha value is -3.03. The van der Waals surface area contributed by atoms with Crippen LogP contribution in [0.2, 0.25) is 0 Å². The Morgan fingerprint density at radius 2 is 1.86 bits per heavy atom. The Balaban J connectivity index is 1.96. The normalized spacial score (nSPS) is 20.2. The molecule has 2 aliphatic rings. The van der Waals surface area contributed by atoms with E-state index in [0.29, 0.717) is 35.2 Å². The second-order valence-corrected chi connectivity index (χ2v) is 7.81. The van der Waals surface area contributed by atoms with Gasteiger partial charge in [-0.25, -0.2) is 4.68 Å². The molecule has 1 atom stereocenters. The predicted octanol–water partition coefficient (Wildman–Crippen LogP) is 2.96. The van der Waals surface area contributed by atoms with E-state index in [0.717, 1.165) is 17.7 Å². The minimum absolute atomic E-state index is 0.0988. The van der Waals surface area contributed by atoms with E-state index < -0.39 is 6.04 Å². The SMILES string of the molecule is COc1ccc(C2C3=C(CC(C)(C)CC3=O)Nc3ncnn32)c(OC)c1OC. The lowest BCUT2D eigenvalue weighted by Gasteiger charge is -2.38. The number of fused-ring (bicyclic) bond motifs is 1. The molecule has 2 aromatic rings. The molecule has 0 amide bonds. The molecule has 8 heteroatoms. The second-order valence-electron chi connectivity index (χ2n) is 7.81. The van der Waals surface area contributed by atoms with Crippen molar-refractivity contribution in [1.29, 1.82) is 0 Å². The number of anilines is 1. The molecule has 28 heavy (non-hydrogen) atoms. The van der Waals surface area contributed by atoms with Crippen LogP contribution in [-0.4, -0.2) is 41.9 Å². The van der Waals surface area contributed by atoms with Gasteiger partial charge in [0.1, 0.15) is 12.4 Å². The molecule has 0 saturated heterocycles. The van der Waals surface area contributed by atoms with Crippen LogP contribution in [0.25, 0.3) is 0 Å². The number of ether oxygens (including phenoxy) is 3. The van der Waals surface area contributed by atoms with Crippen molar-refractivity contribution in [2.45, 2.75) is 32.7 Å². The number of hydrogen-bond donors (Lipinski definition) is 1. The fourth-order valence-corrected chi connectivity index (χ4v) is 4.18. The van der Waals surface area contributed by atoms with Crippen molar-refractivity contribution in [3.05, 3.63) is 35.3 Å². The quantitative estimate of drug-likeness (QED) is 0.867. The average Bonchev–Trinajstić information content (AvgIpc) is 3.12. The van der Waals surface area contributed by atoms with Crippen molar-refractivity contribution in [3.8, 4) is 17.2 Å². The summed E-state index contributed by atoms with van der Waals surface area (Å²) in [5.74, 6) is 2.25. The van der Waals surface area contributed by atoms with Gasteiger partial charge in [0.15, 0.2) is 17.3 Å². The summed E-state index contributed by atoms with van der Waals surface area (Å²) in [4.78, 5) is 17.5. The van der Waals surface area contributed by atoms with Gasteiger partial charge in [-0.1, -0.05) is 13.8 Å². The van der Waals surface area contributed by atoms with E-state index in [2.05, 4.69) is 29.2 Å². The summed E-state index contributed by atoms with van der Waals surface area (Å²) >= 11 is 0. The summed E-state index contributed by atoms with van der Waals surface area (Å²) < 4.78 is 18.4. The topological polar surface area (TPSA) is 87.5 Å². The highest BCUT2D eigenvalue weighted by atomic mass is 16.5. The van der Waals surface area contributed by atoms with Crippen molar-refractivity contribution in [1.82, 2.24) is 14.8 Å². The van der Waals surface area contributed by atoms with Crippen molar-refractivity contribution in [2.75, 3.05) is 26.6 Å². The lowest BCUT2D eigenvalue weighted by molar-refractivity contribution is -0.118. The van der Waals surface area contributed by atoms with Crippen LogP contribution in [0.5, 0.6) is 17.2 Å². The maximum Gasteiger partial charge on any atom is 0.226 e. The number of ketones is 1. The molecule has 1 aromatic carbocycles. The van der Waals surface area contributed by atoms with Gasteiger partial charge in [-0.05, 0) is 24.0 Å². The number of rotatable bonds is 4. The zero-order valence-electron chi connectivity index (χ0n) is 16.7. The first-order chi connectivity index (χ1) is 13.4. The number of carbonyl (C=O) groups is 1. The lowest BCUT2D eigenvalue weighted by atomic mass is 9.73. The van der Waals surface area contributed by atoms with Gasteiger partial charge in [0, 0.05) is 23.3 Å². The van der Waals surface area contributed by atoms with E-state index in [1.807, 2.05) is 12.1 Å². The average molecular weight is 384 g/mol. The van der Waals surface area contributed by atoms with Crippen LogP contribution in [-0.2, 0) is 4.79 Å². The van der Waals surface area contributed by atoms with Crippen molar-refractivity contribution < 1.29 is 19.0 Å². The predicted molar refractivity (Wildman–Crippen MR) is 103 cm³/mol. The third-order valence-electron chi connectivity index (χ3n) is 5.30. The Morgan fingerprint density at radius 1 is 1.11 bits per heavy atom. The van der Waals surface area contributed by atoms with Gasteiger partial charge in [0.25, 0.3) is 0 Å². The molecule has 0 bridgehead atoms. The molecule has 1 aromatic heterocycles. The summed E-state index contributed by atoms with van der Waals surface area (Å²) in [5.41, 5.74) is 2.25. The van der Waals surface area contributed by atoms with E-state index in [1.54, 1.807) is 26.0 Å². The Bertz CT molecular complexity index is 977. The van der Waals surface area contributed by atoms with Crippen LogP contribution in [0, 0.1) is 5.41 Å². The molecule has 0 saturated carbocycles. The molecular weight excluding hydrogens is 360 g/mol. The second kappa shape index (κ2) is 6.54. The van der Waals surface area contributed by atoms with E-state index in [1.165, 1.54) is 6.33 Å². The van der Waals surface area contributed by atoms with Gasteiger partial charge >= 0.3 is 0 Å². The Kier molecular flexibility index (Phi) is 4.28. The lowest BCUT2D eigenvalue weighted by Crippen LogP contribution is -2.36. The minimum atomic E-state index is -0.452. The molecule has 1 aliphatic carbocycles. The van der Waals surface area contributed by atoms with E-state index in [9.17, 15) is 4.79 Å². The largest absolute Gasteiger partial charge is 0.493 e. The van der Waals surface area contributed by atoms with Crippen LogP contribution < -0.4 is 19.5 Å². The maximum absolute atomic E-state index is 13.2. The first kappa shape index (κ1) is 18.3. The maximum atomic E-state index is 13.2. The Morgan fingerprint density at radius 3 is 2.54 bits per heavy atom. The highest BCUT2D eigenvalue weighted by Crippen LogP contribution is 2.50. The molecule has 2 heterocycles. The number of Topliss-reactive ketones (excluding diaryl/α,β-unsaturated/α-hetero) is 1. The molecule has 1 aliphatic heterocycles. The van der Waals surface area contributed by atoms with Crippen LogP contribution in [0.15, 0.2) is 29.7 Å². The van der Waals surface area contributed by atoms with Crippen LogP contribution in [0.3, 0.4) is 0 Å². The number of aromatic nitrogens is 3. The summed E-state index contributed by atoms with van der Waals surface area (Å²) in [7, 11) is 4.71. The van der Waals surface area contributed by atoms with E-state index >= 15 is 0 Å². The molecule has 1 unspecified atom stereocenters. The van der Waals surface area contributed by atoms with Crippen molar-refractivity contribution in [2.24, 2.45) is 5.41 Å². The fourth-order valence-electron chi connectivity index (χ4n) is 4.18. The standard InChI is InChI=1S/C20H24N4O4/c1-20(2)8-12-15(13(25)9-20)16(24-19(23-12)21-10-22-24)11-6-7-14(26-3)18(28-5)17(11)27-4/h6-7,10,16H,8-9H2,1-5H3,(H,21,22,23). The number of allylic oxidation sites excluding steroid dienone is 2. The summed E-state index contributed by atoms with van der Waals surface area (Å²) in [6.07, 6.45) is 2.72. The van der Waals surface area contributed by atoms with Gasteiger partial charge in [-0.15, -0.1) is 0 Å². The molecular formula is C20H24N4O4. The smallest absolute Gasteiger partial charge is 0.226 e. The highest BCUT2D eigenvalue weighted by Gasteiger charge is 2.42. The third-order valence-corrected chi connectivity index (χ3v) is 5.30. The minimum Gasteiger partial charge on any atom is -0.493 e. The van der Waals surface area contributed by atoms with Gasteiger partial charge < -0.3 is 19.5 Å². The molecule has 1 N–H and O–H groups in total. The molecule has 8 nitrogen and oxygen atoms in total. The number of carbonyl (C=O) groups excluding carboxylic acids is 1. The van der Waals surface area contributed by atoms with E-state index in [-0.39, 0.29) is 11.2 Å². The molecule has 0 spiro atoms. The van der Waals surface area contributed by atoms with Gasteiger partial charge in [0.05, 0.1) is 21.3 Å². The van der Waals surface area contributed by atoms with Crippen molar-refractivity contribution in [3.63, 3.8) is 0 Å². The monoisotopic (exact) mass is 384 g/mol. The number of hydrogen-bond acceptors (Lipinski definition) is 7. The first-order valence-electron chi connectivity index (χ1n) is 9.12. The zero-order valence-corrected chi connectivity index (χ0v) is 16.7. The Labute approximate surface area is 163 Å². The number of benzene rings is 1. The fraction of sp³-hybridized carbons (Fsp3) is 0.450. The number of nitrogens with zero attached hydrogens (tertiary/aromatic N) is 3. The number of nitrogens with one attached hydrogen (secondary N) is 1. The molecule has 4 rings (SSSR count). The van der Waals surface area contributed by atoms with Crippen molar-refractivity contribution >= 4 is 11.7 Å². The zero-order chi connectivity index (χ0) is 20.1. The molecule has 0 fully saturated rings. The first-order valence-corrected chi connectivity index (χ1v) is 9.12. The van der Waals surface area contributed by atoms with Gasteiger partial charge in [-0.3, -0.25) is 4.79 Å². The van der Waals surface area contributed by atoms with Gasteiger partial charge in [-0.2, -0.15) is 10.1 Å². The summed E-state index contributed by atoms with van der Waals surface area (Å²) in [5, 5.41) is 7.68. The summed E-state index contributed by atoms with van der Waals surface area (Å²) in [6.45, 7) is 4.20. The van der Waals surface area contributed by atoms with Crippen LogP contribution in [0.4, 0.5) is 5.95 Å². The van der Waals surface area contributed by atoms with Gasteiger partial charge in [0.2, 0.25) is 11.7 Å². The molecule has 0 radical (unpaired) electrons. The van der Waals surface area contributed by atoms with Crippen LogP contribution >= 0.6 is 0 Å². The summed E-state index contributed by atoms with van der Waals surface area (Å²) in [6, 6.07) is 3.25. The number of methoxy groups -OCH3 is 3. The van der Waals surface area contributed by atoms with Crippen LogP contribution in [0.1, 0.15) is 38.3 Å². The highest BCUT2D eigenvalue weighted by molar-refractivity contribution is 6.00. The molecule has 148 valence electrons. The van der Waals surface area contributed by atoms with E-state index in [4.69, 9.17) is 14.2 Å².